The number of benzene rings is 1. The summed E-state index contributed by atoms with van der Waals surface area (Å²) in [5.74, 6) is 0. The molecule has 0 radical (unpaired) electrons. The van der Waals surface area contributed by atoms with Gasteiger partial charge in [0.05, 0.1) is 20.1 Å². The number of para-hydroxylation sites is 1. The van der Waals surface area contributed by atoms with E-state index < -0.39 is 0 Å². The molecule has 0 amide bonds. The minimum absolute atomic E-state index is 1.13. The van der Waals surface area contributed by atoms with Gasteiger partial charge in [0.1, 0.15) is 5.69 Å². The maximum Gasteiger partial charge on any atom is 0.132 e. The summed E-state index contributed by atoms with van der Waals surface area (Å²) < 4.78 is 1.13. The van der Waals surface area contributed by atoms with Crippen LogP contribution in [0.5, 0.6) is 0 Å². The molecule has 0 spiro atoms. The van der Waals surface area contributed by atoms with Crippen molar-refractivity contribution in [2.45, 2.75) is 110 Å². The maximum atomic E-state index is 2.47. The van der Waals surface area contributed by atoms with Crippen LogP contribution in [-0.2, 0) is 0 Å². The minimum atomic E-state index is 1.13. The average molecular weight is 375 g/mol. The lowest BCUT2D eigenvalue weighted by molar-refractivity contribution is 0.310. The maximum absolute atomic E-state index is 2.47. The van der Waals surface area contributed by atoms with Crippen LogP contribution in [0.4, 0.5) is 5.69 Å². The SMILES string of the molecule is CCCCCCCCCC[N+](C)(CCCCCCCCC)c1ccccc1. The van der Waals surface area contributed by atoms with Gasteiger partial charge in [-0.2, -0.15) is 0 Å². The summed E-state index contributed by atoms with van der Waals surface area (Å²) >= 11 is 0. The van der Waals surface area contributed by atoms with Crippen molar-refractivity contribution in [3.63, 3.8) is 0 Å². The van der Waals surface area contributed by atoms with Gasteiger partial charge in [0.2, 0.25) is 0 Å². The van der Waals surface area contributed by atoms with E-state index in [0.717, 1.165) is 4.48 Å². The third-order valence-corrected chi connectivity index (χ3v) is 6.14. The zero-order valence-electron chi connectivity index (χ0n) is 18.9. The largest absolute Gasteiger partial charge is 0.294 e. The molecular formula is C26H48N+. The number of hydrogen-bond acceptors (Lipinski definition) is 0. The van der Waals surface area contributed by atoms with Gasteiger partial charge in [-0.25, -0.2) is 0 Å². The van der Waals surface area contributed by atoms with Crippen molar-refractivity contribution in [1.82, 2.24) is 4.48 Å². The molecule has 0 aliphatic carbocycles. The Kier molecular flexibility index (Phi) is 14.5. The van der Waals surface area contributed by atoms with E-state index in [9.17, 15) is 0 Å². The standard InChI is InChI=1S/C26H48N/c1-4-6-8-10-12-14-16-21-25-27(3,26-22-18-17-19-23-26)24-20-15-13-11-9-7-5-2/h17-19,22-23H,4-16,20-21,24-25H2,1-3H3/q+1. The lowest BCUT2D eigenvalue weighted by Gasteiger charge is -2.34. The molecule has 0 aliphatic rings. The third-order valence-electron chi connectivity index (χ3n) is 6.14. The molecule has 0 bridgehead atoms. The number of hydrogen-bond donors (Lipinski definition) is 0. The van der Waals surface area contributed by atoms with Crippen molar-refractivity contribution >= 4 is 5.69 Å². The number of nitrogens with zero attached hydrogens (tertiary/aromatic N) is 1. The lowest BCUT2D eigenvalue weighted by atomic mass is 10.1. The monoisotopic (exact) mass is 374 g/mol. The Labute approximate surface area is 171 Å². The second kappa shape index (κ2) is 16.2. The van der Waals surface area contributed by atoms with Crippen molar-refractivity contribution in [3.05, 3.63) is 30.3 Å². The molecule has 1 aromatic rings. The van der Waals surface area contributed by atoms with Crippen LogP contribution in [0.15, 0.2) is 30.3 Å². The normalized spacial score (nSPS) is 13.6. The van der Waals surface area contributed by atoms with Gasteiger partial charge in [0.15, 0.2) is 0 Å². The van der Waals surface area contributed by atoms with E-state index in [1.165, 1.54) is 115 Å². The van der Waals surface area contributed by atoms with Crippen LogP contribution in [-0.4, -0.2) is 20.1 Å². The summed E-state index contributed by atoms with van der Waals surface area (Å²) in [6.45, 7) is 7.20. The fourth-order valence-corrected chi connectivity index (χ4v) is 4.17. The van der Waals surface area contributed by atoms with Crippen LogP contribution in [0.1, 0.15) is 110 Å². The topological polar surface area (TPSA) is 0 Å². The predicted octanol–water partition coefficient (Wildman–Crippen LogP) is 8.52. The molecule has 0 fully saturated rings. The van der Waals surface area contributed by atoms with Gasteiger partial charge >= 0.3 is 0 Å². The molecule has 1 heteroatoms. The Morgan fingerprint density at radius 1 is 0.519 bits per heavy atom. The summed E-state index contributed by atoms with van der Waals surface area (Å²) in [6.07, 6.45) is 21.1. The van der Waals surface area contributed by atoms with Crippen molar-refractivity contribution in [2.24, 2.45) is 0 Å². The van der Waals surface area contributed by atoms with Crippen molar-refractivity contribution in [2.75, 3.05) is 20.1 Å². The first-order valence-corrected chi connectivity index (χ1v) is 12.1. The average Bonchev–Trinajstić information content (AvgIpc) is 2.70. The molecule has 1 rings (SSSR count). The Morgan fingerprint density at radius 2 is 0.889 bits per heavy atom. The second-order valence-electron chi connectivity index (χ2n) is 8.77. The van der Waals surface area contributed by atoms with Crippen LogP contribution >= 0.6 is 0 Å². The summed E-state index contributed by atoms with van der Waals surface area (Å²) in [4.78, 5) is 0. The van der Waals surface area contributed by atoms with Gasteiger partial charge < -0.3 is 0 Å². The highest BCUT2D eigenvalue weighted by molar-refractivity contribution is 5.41. The van der Waals surface area contributed by atoms with Crippen LogP contribution < -0.4 is 4.48 Å². The third kappa shape index (κ3) is 11.6. The van der Waals surface area contributed by atoms with Crippen molar-refractivity contribution in [1.29, 1.82) is 0 Å². The Bertz CT molecular complexity index is 427. The van der Waals surface area contributed by atoms with Crippen molar-refractivity contribution in [3.8, 4) is 0 Å². The molecule has 1 atom stereocenters. The quantitative estimate of drug-likeness (QED) is 0.178. The summed E-state index contributed by atoms with van der Waals surface area (Å²) in [5, 5.41) is 0. The van der Waals surface area contributed by atoms with E-state index in [1.807, 2.05) is 0 Å². The molecule has 27 heavy (non-hydrogen) atoms. The van der Waals surface area contributed by atoms with Crippen LogP contribution in [0, 0.1) is 0 Å². The van der Waals surface area contributed by atoms with Crippen LogP contribution in [0.25, 0.3) is 0 Å². The van der Waals surface area contributed by atoms with E-state index >= 15 is 0 Å². The number of unbranched alkanes of at least 4 members (excludes halogenated alkanes) is 13. The van der Waals surface area contributed by atoms with E-state index in [0.29, 0.717) is 0 Å². The van der Waals surface area contributed by atoms with E-state index in [4.69, 9.17) is 0 Å². The Balaban J connectivity index is 2.32. The summed E-state index contributed by atoms with van der Waals surface area (Å²) in [5.41, 5.74) is 1.51. The predicted molar refractivity (Wildman–Crippen MR) is 124 cm³/mol. The number of quaternary nitrogens is 1. The highest BCUT2D eigenvalue weighted by Crippen LogP contribution is 2.23. The fraction of sp³-hybridized carbons (Fsp3) is 0.769. The number of rotatable bonds is 18. The second-order valence-corrected chi connectivity index (χ2v) is 8.77. The molecule has 0 heterocycles. The van der Waals surface area contributed by atoms with E-state index in [2.05, 4.69) is 51.2 Å². The summed E-state index contributed by atoms with van der Waals surface area (Å²) in [6, 6.07) is 11.3. The first-order chi connectivity index (χ1) is 13.2. The van der Waals surface area contributed by atoms with Crippen LogP contribution in [0.2, 0.25) is 0 Å². The minimum Gasteiger partial charge on any atom is -0.294 e. The van der Waals surface area contributed by atoms with Crippen molar-refractivity contribution < 1.29 is 0 Å². The molecule has 1 aromatic carbocycles. The lowest BCUT2D eigenvalue weighted by Crippen LogP contribution is -2.46. The van der Waals surface area contributed by atoms with Gasteiger partial charge in [-0.3, -0.25) is 4.48 Å². The highest BCUT2D eigenvalue weighted by Gasteiger charge is 2.23. The Morgan fingerprint density at radius 3 is 1.30 bits per heavy atom. The van der Waals surface area contributed by atoms with Gasteiger partial charge in [0, 0.05) is 0 Å². The molecule has 1 unspecified atom stereocenters. The van der Waals surface area contributed by atoms with Gasteiger partial charge in [-0.15, -0.1) is 0 Å². The van der Waals surface area contributed by atoms with E-state index in [-0.39, 0.29) is 0 Å². The smallest absolute Gasteiger partial charge is 0.132 e. The fourth-order valence-electron chi connectivity index (χ4n) is 4.17. The molecule has 0 aliphatic heterocycles. The molecule has 156 valence electrons. The molecule has 0 aromatic heterocycles. The van der Waals surface area contributed by atoms with Gasteiger partial charge in [-0.1, -0.05) is 103 Å². The summed E-state index contributed by atoms with van der Waals surface area (Å²) in [7, 11) is 2.47. The first-order valence-electron chi connectivity index (χ1n) is 12.1. The zero-order chi connectivity index (χ0) is 19.6. The molecule has 1 nitrogen and oxygen atoms in total. The highest BCUT2D eigenvalue weighted by atomic mass is 15.3. The first kappa shape index (κ1) is 24.2. The van der Waals surface area contributed by atoms with Crippen LogP contribution in [0.3, 0.4) is 0 Å². The van der Waals surface area contributed by atoms with Gasteiger partial charge in [0.25, 0.3) is 0 Å². The molecular weight excluding hydrogens is 326 g/mol. The van der Waals surface area contributed by atoms with Gasteiger partial charge in [-0.05, 0) is 37.8 Å². The van der Waals surface area contributed by atoms with E-state index in [1.54, 1.807) is 0 Å². The molecule has 0 saturated carbocycles. The molecule has 0 saturated heterocycles. The zero-order valence-corrected chi connectivity index (χ0v) is 18.9. The molecule has 0 N–H and O–H groups in total. The Hall–Kier alpha value is -0.820.